The highest BCUT2D eigenvalue weighted by Crippen LogP contribution is 2.34. The first-order valence-corrected chi connectivity index (χ1v) is 6.56. The molecule has 5 nitrogen and oxygen atoms in total. The number of amides is 1. The van der Waals surface area contributed by atoms with E-state index in [0.29, 0.717) is 18.7 Å². The molecule has 2 rings (SSSR count). The van der Waals surface area contributed by atoms with Crippen molar-refractivity contribution in [3.8, 4) is 6.07 Å². The van der Waals surface area contributed by atoms with Crippen LogP contribution in [0.1, 0.15) is 24.0 Å². The normalized spacial score (nSPS) is 22.2. The van der Waals surface area contributed by atoms with Crippen LogP contribution in [-0.2, 0) is 11.0 Å². The maximum absolute atomic E-state index is 12.8. The number of β-amino-alcohol motifs (C(OH)–C–C–N with tert-alkyl or cyclic N) is 1. The minimum atomic E-state index is -4.61. The van der Waals surface area contributed by atoms with Crippen LogP contribution in [0.4, 0.5) is 18.9 Å². The Morgan fingerprint density at radius 1 is 1.45 bits per heavy atom. The third kappa shape index (κ3) is 2.99. The Balaban J connectivity index is 2.34. The number of carbonyl (C=O) groups is 1. The van der Waals surface area contributed by atoms with Crippen LogP contribution in [0.25, 0.3) is 0 Å². The van der Waals surface area contributed by atoms with E-state index in [1.165, 1.54) is 12.1 Å². The van der Waals surface area contributed by atoms with Crippen LogP contribution >= 0.6 is 0 Å². The summed E-state index contributed by atoms with van der Waals surface area (Å²) < 4.78 is 38.3. The maximum atomic E-state index is 12.8. The molecular weight excluding hydrogens is 299 g/mol. The fourth-order valence-corrected chi connectivity index (χ4v) is 2.53. The predicted octanol–water partition coefficient (Wildman–Crippen LogP) is 1.39. The van der Waals surface area contributed by atoms with E-state index >= 15 is 0 Å². The van der Waals surface area contributed by atoms with E-state index in [1.54, 1.807) is 4.90 Å². The van der Waals surface area contributed by atoms with E-state index in [0.717, 1.165) is 12.1 Å². The standard InChI is InChI=1S/C14H14F3N3O2/c15-14(16,17)11-3-2-10(6-9(11)7-18)20-5-1-4-13(22,8-20)12(19)21/h2-3,6,22H,1,4-5,8H2,(H2,19,21). The molecule has 118 valence electrons. The van der Waals surface area contributed by atoms with Gasteiger partial charge in [-0.05, 0) is 31.0 Å². The molecule has 1 atom stereocenters. The highest BCUT2D eigenvalue weighted by Gasteiger charge is 2.39. The maximum Gasteiger partial charge on any atom is 0.417 e. The summed E-state index contributed by atoms with van der Waals surface area (Å²) in [6.07, 6.45) is -3.95. The molecule has 1 saturated heterocycles. The number of rotatable bonds is 2. The number of hydrogen-bond acceptors (Lipinski definition) is 4. The van der Waals surface area contributed by atoms with Crippen LogP contribution < -0.4 is 10.6 Å². The van der Waals surface area contributed by atoms with Gasteiger partial charge in [-0.25, -0.2) is 0 Å². The van der Waals surface area contributed by atoms with E-state index < -0.39 is 28.8 Å². The van der Waals surface area contributed by atoms with Crippen molar-refractivity contribution in [2.45, 2.75) is 24.6 Å². The lowest BCUT2D eigenvalue weighted by Gasteiger charge is -2.38. The van der Waals surface area contributed by atoms with Crippen LogP contribution in [0.3, 0.4) is 0 Å². The lowest BCUT2D eigenvalue weighted by molar-refractivity contribution is -0.138. The molecule has 0 aliphatic carbocycles. The Morgan fingerprint density at radius 3 is 2.68 bits per heavy atom. The average molecular weight is 313 g/mol. The molecule has 0 saturated carbocycles. The number of primary amides is 1. The zero-order valence-corrected chi connectivity index (χ0v) is 11.5. The van der Waals surface area contributed by atoms with Gasteiger partial charge in [0.1, 0.15) is 0 Å². The number of benzene rings is 1. The SMILES string of the molecule is N#Cc1cc(N2CCCC(O)(C(N)=O)C2)ccc1C(F)(F)F. The monoisotopic (exact) mass is 313 g/mol. The zero-order chi connectivity index (χ0) is 16.5. The van der Waals surface area contributed by atoms with Gasteiger partial charge < -0.3 is 15.7 Å². The van der Waals surface area contributed by atoms with Gasteiger partial charge in [0.15, 0.2) is 5.60 Å². The number of nitrogens with two attached hydrogens (primary N) is 1. The van der Waals surface area contributed by atoms with Crippen LogP contribution in [0.15, 0.2) is 18.2 Å². The minimum absolute atomic E-state index is 0.113. The van der Waals surface area contributed by atoms with Gasteiger partial charge in [0, 0.05) is 12.2 Å². The molecule has 3 N–H and O–H groups in total. The second-order valence-corrected chi connectivity index (χ2v) is 5.26. The summed E-state index contributed by atoms with van der Waals surface area (Å²) in [6.45, 7) is 0.338. The predicted molar refractivity (Wildman–Crippen MR) is 71.8 cm³/mol. The van der Waals surface area contributed by atoms with Crippen molar-refractivity contribution in [1.29, 1.82) is 5.26 Å². The van der Waals surface area contributed by atoms with Crippen molar-refractivity contribution in [2.24, 2.45) is 5.73 Å². The molecule has 0 aromatic heterocycles. The number of aliphatic hydroxyl groups is 1. The number of carbonyl (C=O) groups excluding carboxylic acids is 1. The molecule has 1 aliphatic rings. The summed E-state index contributed by atoms with van der Waals surface area (Å²) in [5.74, 6) is -0.871. The molecule has 1 amide bonds. The largest absolute Gasteiger partial charge is 0.417 e. The number of anilines is 1. The second-order valence-electron chi connectivity index (χ2n) is 5.26. The quantitative estimate of drug-likeness (QED) is 0.863. The molecule has 0 radical (unpaired) electrons. The Kier molecular flexibility index (Phi) is 4.02. The summed E-state index contributed by atoms with van der Waals surface area (Å²) in [5, 5.41) is 19.0. The summed E-state index contributed by atoms with van der Waals surface area (Å²) in [5.41, 5.74) is 2.27. The molecule has 1 aliphatic heterocycles. The smallest absolute Gasteiger partial charge is 0.378 e. The van der Waals surface area contributed by atoms with Crippen LogP contribution in [0, 0.1) is 11.3 Å². The summed E-state index contributed by atoms with van der Waals surface area (Å²) >= 11 is 0. The third-order valence-corrected chi connectivity index (χ3v) is 3.72. The zero-order valence-electron chi connectivity index (χ0n) is 11.5. The van der Waals surface area contributed by atoms with Gasteiger partial charge in [-0.1, -0.05) is 0 Å². The molecular formula is C14H14F3N3O2. The lowest BCUT2D eigenvalue weighted by atomic mass is 9.91. The fraction of sp³-hybridized carbons (Fsp3) is 0.429. The van der Waals surface area contributed by atoms with E-state index in [4.69, 9.17) is 11.0 Å². The minimum Gasteiger partial charge on any atom is -0.378 e. The highest BCUT2D eigenvalue weighted by molar-refractivity contribution is 5.84. The van der Waals surface area contributed by atoms with Gasteiger partial charge in [0.05, 0.1) is 23.7 Å². The van der Waals surface area contributed by atoms with Crippen LogP contribution in [0.2, 0.25) is 0 Å². The third-order valence-electron chi connectivity index (χ3n) is 3.72. The second kappa shape index (κ2) is 5.50. The molecule has 0 bridgehead atoms. The highest BCUT2D eigenvalue weighted by atomic mass is 19.4. The number of hydrogen-bond donors (Lipinski definition) is 2. The van der Waals surface area contributed by atoms with E-state index in [2.05, 4.69) is 0 Å². The van der Waals surface area contributed by atoms with E-state index in [1.807, 2.05) is 0 Å². The molecule has 1 fully saturated rings. The number of piperidine rings is 1. The van der Waals surface area contributed by atoms with Crippen molar-refractivity contribution in [3.05, 3.63) is 29.3 Å². The Morgan fingerprint density at radius 2 is 2.14 bits per heavy atom. The van der Waals surface area contributed by atoms with Crippen molar-refractivity contribution >= 4 is 11.6 Å². The molecule has 0 spiro atoms. The number of nitrogens with zero attached hydrogens (tertiary/aromatic N) is 2. The lowest BCUT2D eigenvalue weighted by Crippen LogP contribution is -2.56. The topological polar surface area (TPSA) is 90.3 Å². The Labute approximate surface area is 124 Å². The van der Waals surface area contributed by atoms with Gasteiger partial charge in [-0.15, -0.1) is 0 Å². The molecule has 1 heterocycles. The van der Waals surface area contributed by atoms with Crippen molar-refractivity contribution in [2.75, 3.05) is 18.0 Å². The Hall–Kier alpha value is -2.27. The summed E-state index contributed by atoms with van der Waals surface area (Å²) in [6, 6.07) is 4.67. The van der Waals surface area contributed by atoms with Crippen molar-refractivity contribution in [1.82, 2.24) is 0 Å². The van der Waals surface area contributed by atoms with E-state index in [9.17, 15) is 23.1 Å². The van der Waals surface area contributed by atoms with Crippen molar-refractivity contribution in [3.63, 3.8) is 0 Å². The van der Waals surface area contributed by atoms with Gasteiger partial charge in [0.2, 0.25) is 0 Å². The molecule has 1 unspecified atom stereocenters. The van der Waals surface area contributed by atoms with Gasteiger partial charge in [0.25, 0.3) is 5.91 Å². The van der Waals surface area contributed by atoms with Crippen LogP contribution in [0.5, 0.6) is 0 Å². The fourth-order valence-electron chi connectivity index (χ4n) is 2.53. The molecule has 1 aromatic carbocycles. The first kappa shape index (κ1) is 16.1. The van der Waals surface area contributed by atoms with Gasteiger partial charge >= 0.3 is 6.18 Å². The van der Waals surface area contributed by atoms with E-state index in [-0.39, 0.29) is 13.0 Å². The van der Waals surface area contributed by atoms with Gasteiger partial charge in [-0.3, -0.25) is 4.79 Å². The number of nitriles is 1. The first-order chi connectivity index (χ1) is 10.2. The molecule has 22 heavy (non-hydrogen) atoms. The summed E-state index contributed by atoms with van der Waals surface area (Å²) in [4.78, 5) is 12.9. The number of halogens is 3. The van der Waals surface area contributed by atoms with Crippen molar-refractivity contribution < 1.29 is 23.1 Å². The van der Waals surface area contributed by atoms with Crippen LogP contribution in [-0.4, -0.2) is 29.7 Å². The Bertz CT molecular complexity index is 639. The number of alkyl halides is 3. The summed E-state index contributed by atoms with van der Waals surface area (Å²) in [7, 11) is 0. The average Bonchev–Trinajstić information content (AvgIpc) is 2.45. The molecule has 8 heteroatoms. The van der Waals surface area contributed by atoms with Gasteiger partial charge in [-0.2, -0.15) is 18.4 Å². The first-order valence-electron chi connectivity index (χ1n) is 6.56. The molecule has 1 aromatic rings.